The zero-order valence-corrected chi connectivity index (χ0v) is 10.7. The number of carbonyl (C=O) groups excluding carboxylic acids is 1. The van der Waals surface area contributed by atoms with Crippen molar-refractivity contribution < 1.29 is 9.53 Å². The van der Waals surface area contributed by atoms with Gasteiger partial charge in [-0.2, -0.15) is 0 Å². The maximum Gasteiger partial charge on any atom is 0.239 e. The number of ether oxygens (including phenoxy) is 1. The Morgan fingerprint density at radius 3 is 2.83 bits per heavy atom. The van der Waals surface area contributed by atoms with E-state index in [0.29, 0.717) is 12.5 Å². The molecule has 0 radical (unpaired) electrons. The average Bonchev–Trinajstić information content (AvgIpc) is 3.15. The van der Waals surface area contributed by atoms with Crippen molar-refractivity contribution in [3.8, 4) is 0 Å². The van der Waals surface area contributed by atoms with Crippen molar-refractivity contribution in [3.05, 3.63) is 35.4 Å². The molecule has 0 aromatic heterocycles. The normalized spacial score (nSPS) is 16.5. The number of nitrogens with two attached hydrogens (primary N) is 1. The molecular weight excluding hydrogens is 228 g/mol. The lowest BCUT2D eigenvalue weighted by Gasteiger charge is -2.19. The summed E-state index contributed by atoms with van der Waals surface area (Å²) in [5.74, 6) is 0.376. The monoisotopic (exact) mass is 248 g/mol. The second-order valence-electron chi connectivity index (χ2n) is 4.82. The molecule has 2 rings (SSSR count). The highest BCUT2D eigenvalue weighted by molar-refractivity contribution is 5.81. The van der Waals surface area contributed by atoms with Gasteiger partial charge in [-0.3, -0.25) is 4.79 Å². The van der Waals surface area contributed by atoms with E-state index < -0.39 is 6.04 Å². The van der Waals surface area contributed by atoms with Gasteiger partial charge in [-0.25, -0.2) is 0 Å². The van der Waals surface area contributed by atoms with Crippen LogP contribution in [0.2, 0.25) is 0 Å². The minimum Gasteiger partial charge on any atom is -0.380 e. The average molecular weight is 248 g/mol. The highest BCUT2D eigenvalue weighted by Crippen LogP contribution is 2.29. The molecule has 1 unspecified atom stereocenters. The third-order valence-corrected chi connectivity index (χ3v) is 3.26. The Morgan fingerprint density at radius 2 is 2.22 bits per heavy atom. The van der Waals surface area contributed by atoms with E-state index in [2.05, 4.69) is 5.32 Å². The molecule has 1 fully saturated rings. The van der Waals surface area contributed by atoms with E-state index in [9.17, 15) is 4.79 Å². The van der Waals surface area contributed by atoms with Crippen LogP contribution in [0.4, 0.5) is 0 Å². The fourth-order valence-corrected chi connectivity index (χ4v) is 2.07. The summed E-state index contributed by atoms with van der Waals surface area (Å²) in [6, 6.07) is 7.34. The summed E-state index contributed by atoms with van der Waals surface area (Å²) < 4.78 is 5.16. The third kappa shape index (κ3) is 3.31. The summed E-state index contributed by atoms with van der Waals surface area (Å²) in [6.07, 6.45) is 2.50. The Morgan fingerprint density at radius 1 is 1.50 bits per heavy atom. The molecule has 0 spiro atoms. The predicted molar refractivity (Wildman–Crippen MR) is 69.8 cm³/mol. The van der Waals surface area contributed by atoms with Crippen molar-refractivity contribution in [1.29, 1.82) is 0 Å². The lowest BCUT2D eigenvalue weighted by Crippen LogP contribution is -2.35. The number of methoxy groups -OCH3 is 1. The molecule has 3 N–H and O–H groups in total. The molecule has 1 saturated carbocycles. The minimum atomic E-state index is -0.419. The van der Waals surface area contributed by atoms with Gasteiger partial charge in [0.15, 0.2) is 0 Å². The van der Waals surface area contributed by atoms with E-state index >= 15 is 0 Å². The lowest BCUT2D eigenvalue weighted by atomic mass is 10.00. The first-order valence-corrected chi connectivity index (χ1v) is 6.31. The number of rotatable bonds is 7. The number of carbonyl (C=O) groups is 1. The lowest BCUT2D eigenvalue weighted by molar-refractivity contribution is -0.120. The fourth-order valence-electron chi connectivity index (χ4n) is 2.07. The van der Waals surface area contributed by atoms with Crippen molar-refractivity contribution in [2.75, 3.05) is 13.7 Å². The molecule has 18 heavy (non-hydrogen) atoms. The van der Waals surface area contributed by atoms with Crippen LogP contribution in [0, 0.1) is 5.92 Å². The van der Waals surface area contributed by atoms with Crippen LogP contribution in [0.15, 0.2) is 24.3 Å². The second kappa shape index (κ2) is 5.98. The van der Waals surface area contributed by atoms with Crippen LogP contribution in [0.5, 0.6) is 0 Å². The molecule has 98 valence electrons. The van der Waals surface area contributed by atoms with Crippen molar-refractivity contribution in [2.24, 2.45) is 11.7 Å². The van der Waals surface area contributed by atoms with E-state index in [1.54, 1.807) is 7.11 Å². The topological polar surface area (TPSA) is 64.3 Å². The predicted octanol–water partition coefficient (Wildman–Crippen LogP) is 1.36. The van der Waals surface area contributed by atoms with Gasteiger partial charge in [0.25, 0.3) is 0 Å². The van der Waals surface area contributed by atoms with Crippen LogP contribution in [-0.2, 0) is 16.1 Å². The minimum absolute atomic E-state index is 0.334. The zero-order chi connectivity index (χ0) is 13.0. The highest BCUT2D eigenvalue weighted by Gasteiger charge is 2.25. The summed E-state index contributed by atoms with van der Waals surface area (Å²) >= 11 is 0. The maximum absolute atomic E-state index is 11.6. The van der Waals surface area contributed by atoms with Crippen molar-refractivity contribution in [2.45, 2.75) is 25.5 Å². The Balaban J connectivity index is 2.14. The second-order valence-corrected chi connectivity index (χ2v) is 4.82. The van der Waals surface area contributed by atoms with Gasteiger partial charge < -0.3 is 15.8 Å². The first kappa shape index (κ1) is 13.1. The summed E-state index contributed by atoms with van der Waals surface area (Å²) in [5, 5.41) is 3.27. The summed E-state index contributed by atoms with van der Waals surface area (Å²) in [7, 11) is 1.65. The van der Waals surface area contributed by atoms with Gasteiger partial charge in [0.2, 0.25) is 5.91 Å². The van der Waals surface area contributed by atoms with Gasteiger partial charge in [0.1, 0.15) is 6.04 Å². The van der Waals surface area contributed by atoms with E-state index in [4.69, 9.17) is 10.5 Å². The number of hydrogen-bond acceptors (Lipinski definition) is 3. The Bertz CT molecular complexity index is 416. The van der Waals surface area contributed by atoms with Crippen LogP contribution < -0.4 is 11.1 Å². The molecular formula is C14H20N2O2. The molecule has 0 heterocycles. The third-order valence-electron chi connectivity index (χ3n) is 3.26. The zero-order valence-electron chi connectivity index (χ0n) is 10.7. The van der Waals surface area contributed by atoms with E-state index in [1.165, 1.54) is 12.8 Å². The summed E-state index contributed by atoms with van der Waals surface area (Å²) in [6.45, 7) is 1.35. The first-order valence-electron chi connectivity index (χ1n) is 6.31. The SMILES string of the molecule is COCc1ccccc1C(NCC1CC1)C(N)=O. The smallest absolute Gasteiger partial charge is 0.239 e. The van der Waals surface area contributed by atoms with Gasteiger partial charge in [0.05, 0.1) is 6.61 Å². The molecule has 0 saturated heterocycles. The number of hydrogen-bond donors (Lipinski definition) is 2. The van der Waals surface area contributed by atoms with Crippen molar-refractivity contribution in [1.82, 2.24) is 5.32 Å². The fraction of sp³-hybridized carbons (Fsp3) is 0.500. The van der Waals surface area contributed by atoms with E-state index in [0.717, 1.165) is 17.7 Å². The number of primary amides is 1. The van der Waals surface area contributed by atoms with Gasteiger partial charge in [0, 0.05) is 7.11 Å². The van der Waals surface area contributed by atoms with Gasteiger partial charge in [-0.1, -0.05) is 24.3 Å². The quantitative estimate of drug-likeness (QED) is 0.765. The largest absolute Gasteiger partial charge is 0.380 e. The number of benzene rings is 1. The molecule has 1 atom stereocenters. The van der Waals surface area contributed by atoms with Gasteiger partial charge in [-0.15, -0.1) is 0 Å². The molecule has 0 aliphatic heterocycles. The van der Waals surface area contributed by atoms with Gasteiger partial charge in [-0.05, 0) is 36.4 Å². The Labute approximate surface area is 108 Å². The molecule has 1 aliphatic carbocycles. The number of nitrogens with one attached hydrogen (secondary N) is 1. The molecule has 4 nitrogen and oxygen atoms in total. The van der Waals surface area contributed by atoms with E-state index in [1.807, 2.05) is 24.3 Å². The first-order chi connectivity index (χ1) is 8.72. The Kier molecular flexibility index (Phi) is 4.33. The Hall–Kier alpha value is -1.39. The van der Waals surface area contributed by atoms with Crippen molar-refractivity contribution in [3.63, 3.8) is 0 Å². The molecule has 0 bridgehead atoms. The molecule has 1 aromatic rings. The molecule has 4 heteroatoms. The van der Waals surface area contributed by atoms with Crippen molar-refractivity contribution >= 4 is 5.91 Å². The van der Waals surface area contributed by atoms with Gasteiger partial charge >= 0.3 is 0 Å². The standard InChI is InChI=1S/C14H20N2O2/c1-18-9-11-4-2-3-5-12(11)13(14(15)17)16-8-10-6-7-10/h2-5,10,13,16H,6-9H2,1H3,(H2,15,17). The van der Waals surface area contributed by atoms with Crippen LogP contribution in [-0.4, -0.2) is 19.6 Å². The highest BCUT2D eigenvalue weighted by atomic mass is 16.5. The maximum atomic E-state index is 11.6. The number of amides is 1. The van der Waals surface area contributed by atoms with E-state index in [-0.39, 0.29) is 5.91 Å². The summed E-state index contributed by atoms with van der Waals surface area (Å²) in [4.78, 5) is 11.6. The summed E-state index contributed by atoms with van der Waals surface area (Å²) in [5.41, 5.74) is 7.43. The van der Waals surface area contributed by atoms with Crippen LogP contribution >= 0.6 is 0 Å². The molecule has 1 aromatic carbocycles. The molecule has 1 amide bonds. The van der Waals surface area contributed by atoms with Crippen LogP contribution in [0.25, 0.3) is 0 Å². The van der Waals surface area contributed by atoms with Crippen LogP contribution in [0.1, 0.15) is 30.0 Å². The van der Waals surface area contributed by atoms with Crippen LogP contribution in [0.3, 0.4) is 0 Å². The molecule has 1 aliphatic rings.